The number of carbonyl (C=O) groups is 1. The number of hydrogen-bond donors (Lipinski definition) is 0. The number of methoxy groups -OCH3 is 5. The first kappa shape index (κ1) is 17.3. The summed E-state index contributed by atoms with van der Waals surface area (Å²) in [6.07, 6.45) is -1.82. The lowest BCUT2D eigenvalue weighted by atomic mass is 9.93. The maximum absolute atomic E-state index is 11.5. The first-order valence-electron chi connectivity index (χ1n) is 6.42. The highest BCUT2D eigenvalue weighted by atomic mass is 16.6. The molecule has 0 aromatic carbocycles. The SMILES string of the molecule is COC[C@H]1O[C@@H](CC(=O)OC)[C@H](OC)[C@@H](OC)[C@@H]1OC. The molecule has 0 aromatic heterocycles. The zero-order valence-electron chi connectivity index (χ0n) is 12.7. The van der Waals surface area contributed by atoms with Gasteiger partial charge in [0.1, 0.15) is 24.4 Å². The summed E-state index contributed by atoms with van der Waals surface area (Å²) in [6.45, 7) is 0.340. The van der Waals surface area contributed by atoms with Gasteiger partial charge in [0.15, 0.2) is 0 Å². The third kappa shape index (κ3) is 3.89. The van der Waals surface area contributed by atoms with Gasteiger partial charge in [-0.3, -0.25) is 4.79 Å². The van der Waals surface area contributed by atoms with E-state index in [-0.39, 0.29) is 30.7 Å². The van der Waals surface area contributed by atoms with Crippen LogP contribution in [0.2, 0.25) is 0 Å². The van der Waals surface area contributed by atoms with Crippen molar-refractivity contribution in [2.45, 2.75) is 36.9 Å². The molecule has 0 bridgehead atoms. The van der Waals surface area contributed by atoms with Crippen molar-refractivity contribution in [3.8, 4) is 0 Å². The molecule has 1 heterocycles. The fourth-order valence-corrected chi connectivity index (χ4v) is 2.54. The Morgan fingerprint density at radius 2 is 1.45 bits per heavy atom. The molecule has 20 heavy (non-hydrogen) atoms. The van der Waals surface area contributed by atoms with E-state index in [1.54, 1.807) is 28.4 Å². The number of hydrogen-bond acceptors (Lipinski definition) is 7. The van der Waals surface area contributed by atoms with Crippen LogP contribution in [0.5, 0.6) is 0 Å². The average molecular weight is 292 g/mol. The largest absolute Gasteiger partial charge is 0.469 e. The van der Waals surface area contributed by atoms with Gasteiger partial charge >= 0.3 is 5.97 Å². The monoisotopic (exact) mass is 292 g/mol. The highest BCUT2D eigenvalue weighted by molar-refractivity contribution is 5.69. The molecule has 0 unspecified atom stereocenters. The lowest BCUT2D eigenvalue weighted by Gasteiger charge is -2.44. The van der Waals surface area contributed by atoms with E-state index in [0.717, 1.165) is 0 Å². The molecule has 0 N–H and O–H groups in total. The first-order chi connectivity index (χ1) is 9.62. The fraction of sp³-hybridized carbons (Fsp3) is 0.923. The molecule has 1 rings (SSSR count). The Bertz CT molecular complexity index is 296. The van der Waals surface area contributed by atoms with E-state index in [1.807, 2.05) is 0 Å². The molecule has 7 nitrogen and oxygen atoms in total. The van der Waals surface area contributed by atoms with Gasteiger partial charge in [-0.2, -0.15) is 0 Å². The lowest BCUT2D eigenvalue weighted by Crippen LogP contribution is -2.60. The van der Waals surface area contributed by atoms with Crippen molar-refractivity contribution >= 4 is 5.97 Å². The topological polar surface area (TPSA) is 72.5 Å². The van der Waals surface area contributed by atoms with Crippen LogP contribution < -0.4 is 0 Å². The molecule has 0 amide bonds. The predicted octanol–water partition coefficient (Wildman–Crippen LogP) is 0.00830. The van der Waals surface area contributed by atoms with Crippen molar-refractivity contribution in [3.63, 3.8) is 0 Å². The zero-order chi connectivity index (χ0) is 15.1. The van der Waals surface area contributed by atoms with Crippen LogP contribution in [0.4, 0.5) is 0 Å². The molecule has 1 saturated heterocycles. The van der Waals surface area contributed by atoms with Crippen molar-refractivity contribution in [1.82, 2.24) is 0 Å². The number of carbonyl (C=O) groups excluding carboxylic acids is 1. The molecular formula is C13H24O7. The Labute approximate surface area is 119 Å². The van der Waals surface area contributed by atoms with Gasteiger partial charge in [0, 0.05) is 28.4 Å². The smallest absolute Gasteiger partial charge is 0.308 e. The van der Waals surface area contributed by atoms with Crippen LogP contribution in [0.3, 0.4) is 0 Å². The Kier molecular flexibility index (Phi) is 7.39. The second-order valence-corrected chi connectivity index (χ2v) is 4.55. The Balaban J connectivity index is 2.90. The predicted molar refractivity (Wildman–Crippen MR) is 69.6 cm³/mol. The van der Waals surface area contributed by atoms with E-state index in [0.29, 0.717) is 6.61 Å². The third-order valence-electron chi connectivity index (χ3n) is 3.47. The standard InChI is InChI=1S/C13H24O7/c1-15-7-9-12(18-4)13(19-5)11(17-3)8(20-9)6-10(14)16-2/h8-9,11-13H,6-7H2,1-5H3/t8-,9+,11-,12+,13+/m0/s1. The van der Waals surface area contributed by atoms with Crippen molar-refractivity contribution < 1.29 is 33.2 Å². The van der Waals surface area contributed by atoms with Gasteiger partial charge in [0.05, 0.1) is 26.2 Å². The van der Waals surface area contributed by atoms with Gasteiger partial charge in [0.2, 0.25) is 0 Å². The van der Waals surface area contributed by atoms with E-state index in [9.17, 15) is 4.79 Å². The molecule has 7 heteroatoms. The minimum absolute atomic E-state index is 0.0888. The minimum Gasteiger partial charge on any atom is -0.469 e. The van der Waals surface area contributed by atoms with E-state index in [1.165, 1.54) is 7.11 Å². The summed E-state index contributed by atoms with van der Waals surface area (Å²) in [7, 11) is 7.62. The summed E-state index contributed by atoms with van der Waals surface area (Å²) < 4.78 is 32.1. The van der Waals surface area contributed by atoms with Crippen LogP contribution in [0, 0.1) is 0 Å². The van der Waals surface area contributed by atoms with Crippen LogP contribution in [-0.4, -0.2) is 78.6 Å². The summed E-state index contributed by atoms with van der Waals surface area (Å²) >= 11 is 0. The van der Waals surface area contributed by atoms with Gasteiger partial charge in [-0.25, -0.2) is 0 Å². The molecule has 118 valence electrons. The fourth-order valence-electron chi connectivity index (χ4n) is 2.54. The summed E-state index contributed by atoms with van der Waals surface area (Å²) in [4.78, 5) is 11.5. The normalized spacial score (nSPS) is 34.0. The molecule has 1 aliphatic heterocycles. The van der Waals surface area contributed by atoms with Crippen LogP contribution in [0.15, 0.2) is 0 Å². The number of rotatable bonds is 7. The maximum atomic E-state index is 11.5. The lowest BCUT2D eigenvalue weighted by molar-refractivity contribution is -0.250. The zero-order valence-corrected chi connectivity index (χ0v) is 12.7. The number of esters is 1. The van der Waals surface area contributed by atoms with Gasteiger partial charge in [-0.05, 0) is 0 Å². The molecule has 0 aliphatic carbocycles. The molecule has 0 aromatic rings. The van der Waals surface area contributed by atoms with Crippen LogP contribution in [0.25, 0.3) is 0 Å². The molecule has 1 aliphatic rings. The molecule has 5 atom stereocenters. The Hall–Kier alpha value is -0.730. The molecule has 0 saturated carbocycles. The summed E-state index contributed by atoms with van der Waals surface area (Å²) in [5, 5.41) is 0. The second-order valence-electron chi connectivity index (χ2n) is 4.55. The first-order valence-corrected chi connectivity index (χ1v) is 6.42. The van der Waals surface area contributed by atoms with Gasteiger partial charge in [0.25, 0.3) is 0 Å². The average Bonchev–Trinajstić information content (AvgIpc) is 2.46. The van der Waals surface area contributed by atoms with Crippen LogP contribution in [0.1, 0.15) is 6.42 Å². The van der Waals surface area contributed by atoms with Crippen LogP contribution in [-0.2, 0) is 33.2 Å². The summed E-state index contributed by atoms with van der Waals surface area (Å²) in [5.74, 6) is -0.362. The molecular weight excluding hydrogens is 268 g/mol. The van der Waals surface area contributed by atoms with E-state index >= 15 is 0 Å². The van der Waals surface area contributed by atoms with E-state index in [4.69, 9.17) is 23.7 Å². The minimum atomic E-state index is -0.469. The molecule has 1 fully saturated rings. The maximum Gasteiger partial charge on any atom is 0.308 e. The van der Waals surface area contributed by atoms with Gasteiger partial charge < -0.3 is 28.4 Å². The van der Waals surface area contributed by atoms with Crippen molar-refractivity contribution in [3.05, 3.63) is 0 Å². The van der Waals surface area contributed by atoms with E-state index in [2.05, 4.69) is 4.74 Å². The van der Waals surface area contributed by atoms with Crippen molar-refractivity contribution in [2.24, 2.45) is 0 Å². The van der Waals surface area contributed by atoms with Gasteiger partial charge in [-0.15, -0.1) is 0 Å². The summed E-state index contributed by atoms with van der Waals surface area (Å²) in [5.41, 5.74) is 0. The Morgan fingerprint density at radius 3 is 1.90 bits per heavy atom. The summed E-state index contributed by atoms with van der Waals surface area (Å²) in [6, 6.07) is 0. The van der Waals surface area contributed by atoms with Crippen molar-refractivity contribution in [1.29, 1.82) is 0 Å². The van der Waals surface area contributed by atoms with Crippen LogP contribution >= 0.6 is 0 Å². The molecule has 0 radical (unpaired) electrons. The quantitative estimate of drug-likeness (QED) is 0.612. The Morgan fingerprint density at radius 1 is 0.900 bits per heavy atom. The van der Waals surface area contributed by atoms with E-state index < -0.39 is 12.2 Å². The second kappa shape index (κ2) is 8.53. The van der Waals surface area contributed by atoms with Gasteiger partial charge in [-0.1, -0.05) is 0 Å². The molecule has 0 spiro atoms. The number of ether oxygens (including phenoxy) is 6. The van der Waals surface area contributed by atoms with Crippen molar-refractivity contribution in [2.75, 3.05) is 42.2 Å². The third-order valence-corrected chi connectivity index (χ3v) is 3.47. The highest BCUT2D eigenvalue weighted by Crippen LogP contribution is 2.29. The highest BCUT2D eigenvalue weighted by Gasteiger charge is 2.47.